The van der Waals surface area contributed by atoms with E-state index in [-0.39, 0.29) is 0 Å². The van der Waals surface area contributed by atoms with E-state index in [4.69, 9.17) is 0 Å². The van der Waals surface area contributed by atoms with Crippen molar-refractivity contribution in [1.29, 1.82) is 0 Å². The van der Waals surface area contributed by atoms with Crippen LogP contribution in [0.3, 0.4) is 0 Å². The van der Waals surface area contributed by atoms with E-state index in [9.17, 15) is 8.78 Å². The summed E-state index contributed by atoms with van der Waals surface area (Å²) >= 11 is 0. The molecule has 1 saturated heterocycles. The zero-order valence-corrected chi connectivity index (χ0v) is 6.24. The van der Waals surface area contributed by atoms with Gasteiger partial charge in [0.25, 0.3) is 6.08 Å². The van der Waals surface area contributed by atoms with E-state index in [2.05, 4.69) is 5.32 Å². The minimum absolute atomic E-state index is 0.404. The minimum Gasteiger partial charge on any atom is -0.316 e. The standard InChI is InChI=1S/C8H11F2N/c9-8(10)5-1-6-3-11-4-7(6)2-5/h6-7,11H,1-4H2/t6-,7+. The monoisotopic (exact) mass is 159 g/mol. The lowest BCUT2D eigenvalue weighted by atomic mass is 10.0. The van der Waals surface area contributed by atoms with Crippen LogP contribution in [0, 0.1) is 11.8 Å². The number of halogens is 2. The lowest BCUT2D eigenvalue weighted by molar-refractivity contribution is 0.406. The van der Waals surface area contributed by atoms with Gasteiger partial charge in [0.15, 0.2) is 0 Å². The van der Waals surface area contributed by atoms with Crippen LogP contribution in [0.1, 0.15) is 12.8 Å². The quantitative estimate of drug-likeness (QED) is 0.568. The van der Waals surface area contributed by atoms with Crippen LogP contribution >= 0.6 is 0 Å². The van der Waals surface area contributed by atoms with Gasteiger partial charge in [-0.15, -0.1) is 0 Å². The van der Waals surface area contributed by atoms with Crippen molar-refractivity contribution in [2.24, 2.45) is 11.8 Å². The molecule has 2 fully saturated rings. The molecule has 62 valence electrons. The van der Waals surface area contributed by atoms with Gasteiger partial charge in [0.2, 0.25) is 0 Å². The SMILES string of the molecule is FC(F)=C1C[C@H]2CNC[C@H]2C1. The predicted octanol–water partition coefficient (Wildman–Crippen LogP) is 1.77. The van der Waals surface area contributed by atoms with Gasteiger partial charge in [-0.25, -0.2) is 0 Å². The van der Waals surface area contributed by atoms with Gasteiger partial charge in [-0.1, -0.05) is 0 Å². The number of rotatable bonds is 0. The number of hydrogen-bond donors (Lipinski definition) is 1. The van der Waals surface area contributed by atoms with Crippen LogP contribution in [0.5, 0.6) is 0 Å². The highest BCUT2D eigenvalue weighted by molar-refractivity contribution is 5.13. The van der Waals surface area contributed by atoms with E-state index in [0.717, 1.165) is 13.1 Å². The van der Waals surface area contributed by atoms with Crippen molar-refractivity contribution < 1.29 is 8.78 Å². The second-order valence-electron chi connectivity index (χ2n) is 3.45. The summed E-state index contributed by atoms with van der Waals surface area (Å²) in [7, 11) is 0. The van der Waals surface area contributed by atoms with Crippen LogP contribution in [0.4, 0.5) is 8.78 Å². The Morgan fingerprint density at radius 3 is 2.18 bits per heavy atom. The van der Waals surface area contributed by atoms with Crippen molar-refractivity contribution >= 4 is 0 Å². The molecule has 0 bridgehead atoms. The lowest BCUT2D eigenvalue weighted by Gasteiger charge is -2.02. The Labute approximate surface area is 64.5 Å². The molecular formula is C8H11F2N. The summed E-state index contributed by atoms with van der Waals surface area (Å²) in [5.41, 5.74) is 0.404. The molecule has 1 aliphatic heterocycles. The maximum Gasteiger partial charge on any atom is 0.269 e. The third-order valence-corrected chi connectivity index (χ3v) is 2.76. The van der Waals surface area contributed by atoms with E-state index >= 15 is 0 Å². The second-order valence-corrected chi connectivity index (χ2v) is 3.45. The lowest BCUT2D eigenvalue weighted by Crippen LogP contribution is -2.09. The maximum absolute atomic E-state index is 12.1. The van der Waals surface area contributed by atoms with Gasteiger partial charge in [-0.2, -0.15) is 8.78 Å². The summed E-state index contributed by atoms with van der Waals surface area (Å²) in [6.45, 7) is 1.86. The zero-order chi connectivity index (χ0) is 7.84. The Bertz CT molecular complexity index is 182. The van der Waals surface area contributed by atoms with E-state index in [1.54, 1.807) is 0 Å². The average molecular weight is 159 g/mol. The van der Waals surface area contributed by atoms with Crippen molar-refractivity contribution in [3.8, 4) is 0 Å². The first-order chi connectivity index (χ1) is 5.27. The Morgan fingerprint density at radius 1 is 1.18 bits per heavy atom. The molecule has 1 heterocycles. The average Bonchev–Trinajstić information content (AvgIpc) is 2.40. The normalized spacial score (nSPS) is 36.0. The first-order valence-corrected chi connectivity index (χ1v) is 4.01. The van der Waals surface area contributed by atoms with Crippen molar-refractivity contribution in [3.05, 3.63) is 11.7 Å². The van der Waals surface area contributed by atoms with Gasteiger partial charge >= 0.3 is 0 Å². The van der Waals surface area contributed by atoms with Crippen LogP contribution in [0.25, 0.3) is 0 Å². The van der Waals surface area contributed by atoms with Crippen LogP contribution in [0.15, 0.2) is 11.7 Å². The number of fused-ring (bicyclic) bond motifs is 1. The van der Waals surface area contributed by atoms with Crippen molar-refractivity contribution in [2.45, 2.75) is 12.8 Å². The Kier molecular flexibility index (Phi) is 1.68. The fraction of sp³-hybridized carbons (Fsp3) is 0.750. The topological polar surface area (TPSA) is 12.0 Å². The summed E-state index contributed by atoms with van der Waals surface area (Å²) in [5.74, 6) is 0.984. The molecule has 1 saturated carbocycles. The van der Waals surface area contributed by atoms with Crippen LogP contribution in [-0.4, -0.2) is 13.1 Å². The summed E-state index contributed by atoms with van der Waals surface area (Å²) < 4.78 is 24.2. The summed E-state index contributed by atoms with van der Waals surface area (Å²) in [6.07, 6.45) is -0.181. The molecule has 1 N–H and O–H groups in total. The first-order valence-electron chi connectivity index (χ1n) is 4.01. The van der Waals surface area contributed by atoms with Crippen molar-refractivity contribution in [2.75, 3.05) is 13.1 Å². The zero-order valence-electron chi connectivity index (χ0n) is 6.24. The highest BCUT2D eigenvalue weighted by Gasteiger charge is 2.35. The van der Waals surface area contributed by atoms with Gasteiger partial charge in [-0.05, 0) is 43.3 Å². The molecule has 2 rings (SSSR count). The summed E-state index contributed by atoms with van der Waals surface area (Å²) in [6, 6.07) is 0. The molecule has 0 amide bonds. The van der Waals surface area contributed by atoms with Gasteiger partial charge in [0, 0.05) is 0 Å². The Balaban J connectivity index is 2.11. The predicted molar refractivity (Wildman–Crippen MR) is 38.3 cm³/mol. The molecule has 0 aromatic carbocycles. The minimum atomic E-state index is -1.43. The first kappa shape index (κ1) is 7.22. The van der Waals surface area contributed by atoms with E-state index < -0.39 is 6.08 Å². The molecule has 3 heteroatoms. The van der Waals surface area contributed by atoms with Crippen molar-refractivity contribution in [3.63, 3.8) is 0 Å². The molecule has 2 atom stereocenters. The Morgan fingerprint density at radius 2 is 1.73 bits per heavy atom. The van der Waals surface area contributed by atoms with Gasteiger partial charge in [0.05, 0.1) is 0 Å². The fourth-order valence-electron chi connectivity index (χ4n) is 2.14. The smallest absolute Gasteiger partial charge is 0.269 e. The van der Waals surface area contributed by atoms with Crippen LogP contribution in [0.2, 0.25) is 0 Å². The van der Waals surface area contributed by atoms with Gasteiger partial charge < -0.3 is 5.32 Å². The molecule has 1 nitrogen and oxygen atoms in total. The highest BCUT2D eigenvalue weighted by Crippen LogP contribution is 2.39. The summed E-state index contributed by atoms with van der Waals surface area (Å²) in [4.78, 5) is 0. The fourth-order valence-corrected chi connectivity index (χ4v) is 2.14. The molecule has 1 aliphatic carbocycles. The molecule has 0 aromatic heterocycles. The van der Waals surface area contributed by atoms with Crippen LogP contribution < -0.4 is 5.32 Å². The Hall–Kier alpha value is -0.440. The highest BCUT2D eigenvalue weighted by atomic mass is 19.3. The molecule has 0 spiro atoms. The molecule has 0 radical (unpaired) electrons. The number of nitrogens with one attached hydrogen (secondary N) is 1. The second kappa shape index (κ2) is 2.55. The number of hydrogen-bond acceptors (Lipinski definition) is 1. The summed E-state index contributed by atoms with van der Waals surface area (Å²) in [5, 5.41) is 3.22. The molecule has 11 heavy (non-hydrogen) atoms. The van der Waals surface area contributed by atoms with E-state index in [0.29, 0.717) is 30.3 Å². The molecule has 0 unspecified atom stereocenters. The van der Waals surface area contributed by atoms with Gasteiger partial charge in [0.1, 0.15) is 0 Å². The van der Waals surface area contributed by atoms with E-state index in [1.807, 2.05) is 0 Å². The third-order valence-electron chi connectivity index (χ3n) is 2.76. The van der Waals surface area contributed by atoms with Crippen LogP contribution in [-0.2, 0) is 0 Å². The third kappa shape index (κ3) is 1.18. The van der Waals surface area contributed by atoms with E-state index in [1.165, 1.54) is 0 Å². The maximum atomic E-state index is 12.1. The molecular weight excluding hydrogens is 148 g/mol. The largest absolute Gasteiger partial charge is 0.316 e. The number of allylic oxidation sites excluding steroid dienone is 1. The molecule has 2 aliphatic rings. The molecule has 0 aromatic rings. The van der Waals surface area contributed by atoms with Crippen molar-refractivity contribution in [1.82, 2.24) is 5.32 Å². The van der Waals surface area contributed by atoms with Gasteiger partial charge in [-0.3, -0.25) is 0 Å².